The topological polar surface area (TPSA) is 159 Å². The van der Waals surface area contributed by atoms with E-state index in [1.165, 1.54) is 0 Å². The van der Waals surface area contributed by atoms with Gasteiger partial charge in [0.1, 0.15) is 22.8 Å². The van der Waals surface area contributed by atoms with Gasteiger partial charge in [0.2, 0.25) is 5.78 Å². The third-order valence-electron chi connectivity index (χ3n) is 9.76. The molecule has 1 aromatic rings. The van der Waals surface area contributed by atoms with E-state index in [1.54, 1.807) is 19.0 Å². The van der Waals surface area contributed by atoms with E-state index in [9.17, 15) is 39.9 Å². The van der Waals surface area contributed by atoms with Gasteiger partial charge >= 0.3 is 0 Å². The van der Waals surface area contributed by atoms with Crippen LogP contribution in [0.15, 0.2) is 28.7 Å². The number of nitrogens with zero attached hydrogens (tertiary/aromatic N) is 2. The van der Waals surface area contributed by atoms with Gasteiger partial charge in [-0.25, -0.2) is 0 Å². The molecule has 0 heterocycles. The van der Waals surface area contributed by atoms with Crippen LogP contribution in [-0.4, -0.2) is 93.2 Å². The number of fused-ring (bicyclic) bond motifs is 3. The molecule has 1 aromatic carbocycles. The van der Waals surface area contributed by atoms with E-state index in [0.717, 1.165) is 25.5 Å². The number of Topliss-reactive ketones (excluding diaryl/α,β-unsaturated/α-hetero) is 3. The predicted octanol–water partition coefficient (Wildman–Crippen LogP) is 2.53. The number of phenolic OH excluding ortho intramolecular Hbond substituents is 1. The number of carbonyl (C=O) groups is 3. The SMILES string of the molecule is CC(=O)C1=C(O)[C@@H](N(C)C)[C@@H]2C[C@@H]3Cc4c(N(C)C)cc(CCC5(O)CCCC5)c(O)c4C(=O)C3=C(O)[C@]2(O)C1=O. The molecule has 0 aliphatic heterocycles. The van der Waals surface area contributed by atoms with E-state index < -0.39 is 63.5 Å². The number of anilines is 1. The molecule has 4 atom stereocenters. The van der Waals surface area contributed by atoms with Crippen molar-refractivity contribution in [2.75, 3.05) is 33.1 Å². The fraction of sp³-hybridized carbons (Fsp3) is 0.581. The molecule has 10 heteroatoms. The molecule has 0 unspecified atom stereocenters. The smallest absolute Gasteiger partial charge is 0.209 e. The largest absolute Gasteiger partial charge is 0.510 e. The summed E-state index contributed by atoms with van der Waals surface area (Å²) in [6.45, 7) is 1.10. The van der Waals surface area contributed by atoms with E-state index >= 15 is 0 Å². The Morgan fingerprint density at radius 2 is 1.68 bits per heavy atom. The van der Waals surface area contributed by atoms with Gasteiger partial charge in [-0.2, -0.15) is 0 Å². The minimum absolute atomic E-state index is 0.0158. The molecule has 222 valence electrons. The molecule has 4 aliphatic carbocycles. The third-order valence-corrected chi connectivity index (χ3v) is 9.76. The molecule has 5 rings (SSSR count). The number of aliphatic hydroxyl groups is 4. The fourth-order valence-electron chi connectivity index (χ4n) is 7.70. The van der Waals surface area contributed by atoms with Gasteiger partial charge in [-0.15, -0.1) is 0 Å². The number of hydrogen-bond donors (Lipinski definition) is 5. The molecule has 0 bridgehead atoms. The number of aliphatic hydroxyl groups excluding tert-OH is 2. The maximum Gasteiger partial charge on any atom is 0.209 e. The first-order chi connectivity index (χ1) is 19.1. The first kappa shape index (κ1) is 29.3. The van der Waals surface area contributed by atoms with Crippen LogP contribution >= 0.6 is 0 Å². The third kappa shape index (κ3) is 4.30. The molecule has 41 heavy (non-hydrogen) atoms. The molecule has 5 N–H and O–H groups in total. The van der Waals surface area contributed by atoms with Crippen LogP contribution in [0.2, 0.25) is 0 Å². The summed E-state index contributed by atoms with van der Waals surface area (Å²) in [5, 5.41) is 56.7. The van der Waals surface area contributed by atoms with Gasteiger partial charge in [-0.3, -0.25) is 19.3 Å². The number of rotatable bonds is 6. The van der Waals surface area contributed by atoms with E-state index in [2.05, 4.69) is 0 Å². The van der Waals surface area contributed by atoms with E-state index in [4.69, 9.17) is 0 Å². The lowest BCUT2D eigenvalue weighted by atomic mass is 9.58. The van der Waals surface area contributed by atoms with Crippen LogP contribution in [0.4, 0.5) is 5.69 Å². The molecule has 1 saturated carbocycles. The molecule has 4 aliphatic rings. The summed E-state index contributed by atoms with van der Waals surface area (Å²) in [5.74, 6) is -5.72. The minimum atomic E-state index is -2.59. The Labute approximate surface area is 239 Å². The van der Waals surface area contributed by atoms with E-state index in [1.807, 2.05) is 25.1 Å². The van der Waals surface area contributed by atoms with Crippen LogP contribution in [0, 0.1) is 11.8 Å². The van der Waals surface area contributed by atoms with Gasteiger partial charge in [0.25, 0.3) is 0 Å². The quantitative estimate of drug-likeness (QED) is 0.323. The summed E-state index contributed by atoms with van der Waals surface area (Å²) in [4.78, 5) is 43.5. The van der Waals surface area contributed by atoms with Crippen molar-refractivity contribution in [3.63, 3.8) is 0 Å². The minimum Gasteiger partial charge on any atom is -0.510 e. The second-order valence-electron chi connectivity index (χ2n) is 12.7. The highest BCUT2D eigenvalue weighted by atomic mass is 16.3. The Kier molecular flexibility index (Phi) is 7.11. The Bertz CT molecular complexity index is 1400. The highest BCUT2D eigenvalue weighted by molar-refractivity contribution is 6.25. The van der Waals surface area contributed by atoms with Crippen molar-refractivity contribution >= 4 is 23.0 Å². The number of allylic oxidation sites excluding steroid dienone is 1. The lowest BCUT2D eigenvalue weighted by molar-refractivity contribution is -0.148. The number of aromatic hydroxyl groups is 1. The van der Waals surface area contributed by atoms with Crippen molar-refractivity contribution in [2.24, 2.45) is 11.8 Å². The summed E-state index contributed by atoms with van der Waals surface area (Å²) in [7, 11) is 6.94. The Hall–Kier alpha value is -3.21. The standard InChI is InChI=1S/C31H40N2O8/c1-15(34)21-27(37)24(33(4)5)19-13-17-12-18-20(32(2)3)14-16(8-11-30(40)9-6-7-10-30)25(35)23(18)26(36)22(17)29(39)31(19,41)28(21)38/h14,17,19,24,35,37,39-41H,6-13H2,1-5H3/t17-,19-,24-,31+/m0/s1. The van der Waals surface area contributed by atoms with Gasteiger partial charge in [-0.1, -0.05) is 12.8 Å². The van der Waals surface area contributed by atoms with Gasteiger partial charge in [0, 0.05) is 31.3 Å². The fourth-order valence-corrected chi connectivity index (χ4v) is 7.70. The maximum absolute atomic E-state index is 14.1. The second-order valence-corrected chi connectivity index (χ2v) is 12.7. The lowest BCUT2D eigenvalue weighted by Crippen LogP contribution is -2.63. The van der Waals surface area contributed by atoms with Crippen LogP contribution < -0.4 is 4.90 Å². The Balaban J connectivity index is 1.65. The highest BCUT2D eigenvalue weighted by Gasteiger charge is 2.63. The van der Waals surface area contributed by atoms with E-state index in [-0.39, 0.29) is 29.7 Å². The van der Waals surface area contributed by atoms with Crippen LogP contribution in [0.25, 0.3) is 0 Å². The van der Waals surface area contributed by atoms with Gasteiger partial charge in [-0.05, 0) is 82.7 Å². The first-order valence-electron chi connectivity index (χ1n) is 14.3. The zero-order valence-corrected chi connectivity index (χ0v) is 24.3. The first-order valence-corrected chi connectivity index (χ1v) is 14.3. The monoisotopic (exact) mass is 568 g/mol. The average Bonchev–Trinajstić information content (AvgIpc) is 3.31. The number of benzene rings is 1. The number of carbonyl (C=O) groups excluding carboxylic acids is 3. The average molecular weight is 569 g/mol. The summed E-state index contributed by atoms with van der Waals surface area (Å²) in [6.07, 6.45) is 4.37. The molecule has 1 fully saturated rings. The molecule has 0 radical (unpaired) electrons. The molecule has 0 saturated heterocycles. The zero-order chi connectivity index (χ0) is 30.2. The van der Waals surface area contributed by atoms with Crippen molar-refractivity contribution in [3.05, 3.63) is 45.4 Å². The number of hydrogen-bond acceptors (Lipinski definition) is 10. The molecule has 10 nitrogen and oxygen atoms in total. The number of aryl methyl sites for hydroxylation is 1. The summed E-state index contributed by atoms with van der Waals surface area (Å²) in [5.41, 5.74) is -2.31. The number of ketones is 3. The lowest BCUT2D eigenvalue weighted by Gasteiger charge is -2.50. The summed E-state index contributed by atoms with van der Waals surface area (Å²) < 4.78 is 0. The van der Waals surface area contributed by atoms with Crippen LogP contribution in [0.3, 0.4) is 0 Å². The highest BCUT2D eigenvalue weighted by Crippen LogP contribution is 2.53. The second kappa shape index (κ2) is 9.96. The van der Waals surface area contributed by atoms with Gasteiger partial charge < -0.3 is 30.4 Å². The normalized spacial score (nSPS) is 29.0. The molecule has 0 aromatic heterocycles. The van der Waals surface area contributed by atoms with Crippen molar-refractivity contribution in [1.82, 2.24) is 4.90 Å². The van der Waals surface area contributed by atoms with Crippen LogP contribution in [0.5, 0.6) is 5.75 Å². The summed E-state index contributed by atoms with van der Waals surface area (Å²) >= 11 is 0. The van der Waals surface area contributed by atoms with Crippen molar-refractivity contribution in [1.29, 1.82) is 0 Å². The molecule has 0 spiro atoms. The van der Waals surface area contributed by atoms with E-state index in [0.29, 0.717) is 36.8 Å². The zero-order valence-electron chi connectivity index (χ0n) is 24.3. The van der Waals surface area contributed by atoms with Crippen molar-refractivity contribution in [3.8, 4) is 5.75 Å². The number of phenols is 1. The number of likely N-dealkylation sites (N-methyl/N-ethyl adjacent to an activating group) is 1. The Morgan fingerprint density at radius 3 is 2.24 bits per heavy atom. The van der Waals surface area contributed by atoms with Crippen LogP contribution in [-0.2, 0) is 22.4 Å². The van der Waals surface area contributed by atoms with Gasteiger partial charge in [0.15, 0.2) is 17.2 Å². The maximum atomic E-state index is 14.1. The Morgan fingerprint density at radius 1 is 1.05 bits per heavy atom. The molecule has 0 amide bonds. The van der Waals surface area contributed by atoms with Crippen LogP contribution in [0.1, 0.15) is 66.9 Å². The van der Waals surface area contributed by atoms with Crippen molar-refractivity contribution in [2.45, 2.75) is 75.5 Å². The van der Waals surface area contributed by atoms with Crippen molar-refractivity contribution < 1.29 is 39.9 Å². The predicted molar refractivity (Wildman–Crippen MR) is 151 cm³/mol. The van der Waals surface area contributed by atoms with Gasteiger partial charge in [0.05, 0.1) is 17.2 Å². The molecular weight excluding hydrogens is 528 g/mol. The molecular formula is C31H40N2O8. The summed E-state index contributed by atoms with van der Waals surface area (Å²) in [6, 6.07) is 0.885.